The largest absolute Gasteiger partial charge is 0.352 e. The lowest BCUT2D eigenvalue weighted by Crippen LogP contribution is -2.27. The zero-order chi connectivity index (χ0) is 11.4. The van der Waals surface area contributed by atoms with E-state index in [9.17, 15) is 4.79 Å². The van der Waals surface area contributed by atoms with Crippen molar-refractivity contribution in [3.05, 3.63) is 34.3 Å². The van der Waals surface area contributed by atoms with Gasteiger partial charge < -0.3 is 5.32 Å². The van der Waals surface area contributed by atoms with E-state index in [0.717, 1.165) is 5.56 Å². The van der Waals surface area contributed by atoms with Crippen molar-refractivity contribution in [2.75, 3.05) is 6.54 Å². The zero-order valence-corrected chi connectivity index (χ0v) is 10.1. The molecule has 1 N–H and O–H groups in total. The van der Waals surface area contributed by atoms with E-state index in [0.29, 0.717) is 23.0 Å². The van der Waals surface area contributed by atoms with Crippen LogP contribution in [0.4, 0.5) is 0 Å². The van der Waals surface area contributed by atoms with Gasteiger partial charge in [-0.2, -0.15) is 0 Å². The van der Waals surface area contributed by atoms with Crippen molar-refractivity contribution < 1.29 is 4.79 Å². The van der Waals surface area contributed by atoms with Gasteiger partial charge in [0.15, 0.2) is 0 Å². The molecule has 0 atom stereocenters. The van der Waals surface area contributed by atoms with Gasteiger partial charge in [0.05, 0.1) is 0 Å². The summed E-state index contributed by atoms with van der Waals surface area (Å²) in [6, 6.07) is 5.35. The van der Waals surface area contributed by atoms with E-state index in [1.807, 2.05) is 19.1 Å². The van der Waals surface area contributed by atoms with Crippen LogP contribution in [0, 0.1) is 12.8 Å². The van der Waals surface area contributed by atoms with Gasteiger partial charge in [0.1, 0.15) is 0 Å². The maximum absolute atomic E-state index is 11.7. The van der Waals surface area contributed by atoms with Crippen LogP contribution in [-0.2, 0) is 0 Å². The number of amides is 1. The van der Waals surface area contributed by atoms with Gasteiger partial charge in [-0.3, -0.25) is 4.79 Å². The van der Waals surface area contributed by atoms with Gasteiger partial charge in [0, 0.05) is 17.1 Å². The first kappa shape index (κ1) is 12.1. The van der Waals surface area contributed by atoms with Crippen molar-refractivity contribution in [2.45, 2.75) is 20.8 Å². The highest BCUT2D eigenvalue weighted by Crippen LogP contribution is 2.14. The first-order valence-electron chi connectivity index (χ1n) is 5.04. The smallest absolute Gasteiger partial charge is 0.251 e. The van der Waals surface area contributed by atoms with Crippen LogP contribution in [-0.4, -0.2) is 12.5 Å². The summed E-state index contributed by atoms with van der Waals surface area (Å²) < 4.78 is 0. The molecule has 0 aromatic heterocycles. The van der Waals surface area contributed by atoms with Crippen LogP contribution < -0.4 is 5.32 Å². The molecule has 15 heavy (non-hydrogen) atoms. The number of halogens is 1. The molecule has 0 heterocycles. The molecule has 0 aliphatic carbocycles. The molecule has 1 amide bonds. The molecule has 1 aromatic carbocycles. The van der Waals surface area contributed by atoms with E-state index < -0.39 is 0 Å². The van der Waals surface area contributed by atoms with E-state index in [2.05, 4.69) is 19.2 Å². The van der Waals surface area contributed by atoms with Crippen molar-refractivity contribution in [3.8, 4) is 0 Å². The lowest BCUT2D eigenvalue weighted by Gasteiger charge is -2.08. The van der Waals surface area contributed by atoms with Crippen LogP contribution in [0.3, 0.4) is 0 Å². The summed E-state index contributed by atoms with van der Waals surface area (Å²) in [6.07, 6.45) is 0. The van der Waals surface area contributed by atoms with Crippen molar-refractivity contribution in [1.82, 2.24) is 5.32 Å². The van der Waals surface area contributed by atoms with E-state index in [1.54, 1.807) is 6.07 Å². The summed E-state index contributed by atoms with van der Waals surface area (Å²) >= 11 is 5.88. The molecule has 1 rings (SSSR count). The average molecular weight is 226 g/mol. The standard InChI is InChI=1S/C12H16ClNO/c1-8(2)7-14-12(15)10-4-9(3)5-11(13)6-10/h4-6,8H,7H2,1-3H3,(H,14,15). The second kappa shape index (κ2) is 5.17. The first-order chi connectivity index (χ1) is 6.99. The van der Waals surface area contributed by atoms with Gasteiger partial charge in [-0.05, 0) is 36.6 Å². The van der Waals surface area contributed by atoms with Gasteiger partial charge in [-0.25, -0.2) is 0 Å². The van der Waals surface area contributed by atoms with Crippen LogP contribution in [0.25, 0.3) is 0 Å². The predicted molar refractivity (Wildman–Crippen MR) is 63.4 cm³/mol. The van der Waals surface area contributed by atoms with E-state index in [1.165, 1.54) is 0 Å². The quantitative estimate of drug-likeness (QED) is 0.842. The van der Waals surface area contributed by atoms with Crippen LogP contribution in [0.2, 0.25) is 5.02 Å². The molecular weight excluding hydrogens is 210 g/mol. The molecule has 0 spiro atoms. The second-order valence-corrected chi connectivity index (χ2v) is 4.56. The Hall–Kier alpha value is -1.02. The van der Waals surface area contributed by atoms with Gasteiger partial charge in [-0.1, -0.05) is 25.4 Å². The fraction of sp³-hybridized carbons (Fsp3) is 0.417. The van der Waals surface area contributed by atoms with Gasteiger partial charge in [0.25, 0.3) is 5.91 Å². The maximum atomic E-state index is 11.7. The number of carbonyl (C=O) groups is 1. The molecule has 82 valence electrons. The normalized spacial score (nSPS) is 10.5. The molecule has 0 aliphatic heterocycles. The Morgan fingerprint density at radius 1 is 1.40 bits per heavy atom. The third-order valence-electron chi connectivity index (χ3n) is 1.98. The minimum atomic E-state index is -0.0608. The number of carbonyl (C=O) groups excluding carboxylic acids is 1. The second-order valence-electron chi connectivity index (χ2n) is 4.12. The molecule has 2 nitrogen and oxygen atoms in total. The monoisotopic (exact) mass is 225 g/mol. The van der Waals surface area contributed by atoms with Crippen LogP contribution in [0.15, 0.2) is 18.2 Å². The minimum Gasteiger partial charge on any atom is -0.352 e. The summed E-state index contributed by atoms with van der Waals surface area (Å²) in [5, 5.41) is 3.46. The topological polar surface area (TPSA) is 29.1 Å². The van der Waals surface area contributed by atoms with Crippen LogP contribution in [0.1, 0.15) is 29.8 Å². The summed E-state index contributed by atoms with van der Waals surface area (Å²) in [5.74, 6) is 0.392. The number of nitrogens with one attached hydrogen (secondary N) is 1. The Balaban J connectivity index is 2.73. The SMILES string of the molecule is Cc1cc(Cl)cc(C(=O)NCC(C)C)c1. The Morgan fingerprint density at radius 3 is 2.60 bits per heavy atom. The highest BCUT2D eigenvalue weighted by atomic mass is 35.5. The maximum Gasteiger partial charge on any atom is 0.251 e. The average Bonchev–Trinajstić information content (AvgIpc) is 2.12. The third-order valence-corrected chi connectivity index (χ3v) is 2.19. The summed E-state index contributed by atoms with van der Waals surface area (Å²) in [5.41, 5.74) is 1.62. The predicted octanol–water partition coefficient (Wildman–Crippen LogP) is 3.03. The van der Waals surface area contributed by atoms with Crippen molar-refractivity contribution in [3.63, 3.8) is 0 Å². The fourth-order valence-electron chi connectivity index (χ4n) is 1.27. The summed E-state index contributed by atoms with van der Waals surface area (Å²) in [7, 11) is 0. The molecule has 0 bridgehead atoms. The third kappa shape index (κ3) is 3.92. The lowest BCUT2D eigenvalue weighted by molar-refractivity contribution is 0.0949. The molecule has 0 fully saturated rings. The van der Waals surface area contributed by atoms with Crippen LogP contribution >= 0.6 is 11.6 Å². The van der Waals surface area contributed by atoms with Crippen LogP contribution in [0.5, 0.6) is 0 Å². The zero-order valence-electron chi connectivity index (χ0n) is 9.30. The molecule has 0 saturated heterocycles. The van der Waals surface area contributed by atoms with E-state index in [4.69, 9.17) is 11.6 Å². The molecule has 0 unspecified atom stereocenters. The summed E-state index contributed by atoms with van der Waals surface area (Å²) in [4.78, 5) is 11.7. The van der Waals surface area contributed by atoms with Gasteiger partial charge >= 0.3 is 0 Å². The number of rotatable bonds is 3. The van der Waals surface area contributed by atoms with Gasteiger partial charge in [-0.15, -0.1) is 0 Å². The highest BCUT2D eigenvalue weighted by Gasteiger charge is 2.07. The number of hydrogen-bond acceptors (Lipinski definition) is 1. The minimum absolute atomic E-state index is 0.0608. The first-order valence-corrected chi connectivity index (χ1v) is 5.42. The van der Waals surface area contributed by atoms with E-state index >= 15 is 0 Å². The highest BCUT2D eigenvalue weighted by molar-refractivity contribution is 6.31. The van der Waals surface area contributed by atoms with Crippen molar-refractivity contribution in [1.29, 1.82) is 0 Å². The Bertz CT molecular complexity index is 340. The number of hydrogen-bond donors (Lipinski definition) is 1. The van der Waals surface area contributed by atoms with Crippen molar-refractivity contribution >= 4 is 17.5 Å². The Labute approximate surface area is 95.6 Å². The molecule has 0 aliphatic rings. The molecular formula is C12H16ClNO. The molecule has 0 radical (unpaired) electrons. The molecule has 1 aromatic rings. The number of benzene rings is 1. The van der Waals surface area contributed by atoms with E-state index in [-0.39, 0.29) is 5.91 Å². The van der Waals surface area contributed by atoms with Gasteiger partial charge in [0.2, 0.25) is 0 Å². The number of aryl methyl sites for hydroxylation is 1. The molecule has 3 heteroatoms. The summed E-state index contributed by atoms with van der Waals surface area (Å²) in [6.45, 7) is 6.72. The Morgan fingerprint density at radius 2 is 2.07 bits per heavy atom. The molecule has 0 saturated carbocycles. The van der Waals surface area contributed by atoms with Crippen molar-refractivity contribution in [2.24, 2.45) is 5.92 Å². The fourth-order valence-corrected chi connectivity index (χ4v) is 1.56. The Kier molecular flexibility index (Phi) is 4.15. The lowest BCUT2D eigenvalue weighted by atomic mass is 10.1.